The molecule has 1 aliphatic carbocycles. The van der Waals surface area contributed by atoms with Gasteiger partial charge < -0.3 is 20.0 Å². The predicted octanol–water partition coefficient (Wildman–Crippen LogP) is 2.54. The van der Waals surface area contributed by atoms with Crippen LogP contribution in [-0.2, 0) is 24.2 Å². The molecule has 3 heterocycles. The maximum atomic E-state index is 13.2. The van der Waals surface area contributed by atoms with E-state index in [0.717, 1.165) is 0 Å². The number of hydrogen-bond donors (Lipinski definition) is 2. The third kappa shape index (κ3) is 6.36. The van der Waals surface area contributed by atoms with Crippen LogP contribution < -0.4 is 15.8 Å². The Balaban J connectivity index is 0.00000320. The number of oxime groups is 1. The molecule has 2 fully saturated rings. The molecule has 1 saturated heterocycles. The summed E-state index contributed by atoms with van der Waals surface area (Å²) in [6, 6.07) is 9.54. The Morgan fingerprint density at radius 1 is 1.16 bits per heavy atom. The lowest BCUT2D eigenvalue weighted by Crippen LogP contribution is -2.25. The van der Waals surface area contributed by atoms with Crippen molar-refractivity contribution in [3.8, 4) is 5.88 Å². The summed E-state index contributed by atoms with van der Waals surface area (Å²) in [5, 5.41) is 6.87. The molecule has 0 bridgehead atoms. The topological polar surface area (TPSA) is 155 Å². The molecule has 0 unspecified atom stereocenters. The van der Waals surface area contributed by atoms with Gasteiger partial charge >= 0.3 is 0 Å². The van der Waals surface area contributed by atoms with Crippen molar-refractivity contribution in [1.82, 2.24) is 9.97 Å². The van der Waals surface area contributed by atoms with Crippen LogP contribution in [0.3, 0.4) is 0 Å². The number of anilines is 1. The highest BCUT2D eigenvalue weighted by atomic mass is 35.5. The molecule has 3 aromatic rings. The molecule has 1 saturated carbocycles. The number of amides is 1. The van der Waals surface area contributed by atoms with Crippen molar-refractivity contribution in [2.45, 2.75) is 35.5 Å². The summed E-state index contributed by atoms with van der Waals surface area (Å²) in [5.74, 6) is -0.129. The van der Waals surface area contributed by atoms with Gasteiger partial charge in [-0.3, -0.25) is 10.1 Å². The van der Waals surface area contributed by atoms with Gasteiger partial charge in [-0.15, -0.1) is 12.4 Å². The lowest BCUT2D eigenvalue weighted by molar-refractivity contribution is -0.110. The number of nitrogens with two attached hydrogens (primary N) is 1. The molecule has 5 rings (SSSR count). The van der Waals surface area contributed by atoms with E-state index in [1.54, 1.807) is 24.3 Å². The fourth-order valence-corrected chi connectivity index (χ4v) is 6.06. The number of pyridine rings is 1. The summed E-state index contributed by atoms with van der Waals surface area (Å²) >= 11 is 1.18. The number of carbonyl (C=O) groups is 1. The molecular formula is C23H26ClN5O6S2. The molecule has 2 aromatic heterocycles. The van der Waals surface area contributed by atoms with E-state index >= 15 is 0 Å². The van der Waals surface area contributed by atoms with Gasteiger partial charge in [0.15, 0.2) is 26.8 Å². The number of thiazole rings is 1. The Morgan fingerprint density at radius 3 is 2.62 bits per heavy atom. The lowest BCUT2D eigenvalue weighted by Gasteiger charge is -2.10. The highest BCUT2D eigenvalue weighted by Crippen LogP contribution is 2.33. The van der Waals surface area contributed by atoms with Crippen molar-refractivity contribution in [2.24, 2.45) is 10.9 Å². The number of sulfone groups is 1. The van der Waals surface area contributed by atoms with Crippen molar-refractivity contribution in [1.29, 1.82) is 0 Å². The fraction of sp³-hybridized carbons (Fsp3) is 0.391. The Bertz CT molecular complexity index is 1390. The Morgan fingerprint density at radius 2 is 1.95 bits per heavy atom. The number of nitrogens with one attached hydrogen (secondary N) is 1. The van der Waals surface area contributed by atoms with Gasteiger partial charge in [-0.05, 0) is 31.0 Å². The summed E-state index contributed by atoms with van der Waals surface area (Å²) < 4.78 is 35.8. The third-order valence-electron chi connectivity index (χ3n) is 5.63. The van der Waals surface area contributed by atoms with E-state index in [2.05, 4.69) is 20.4 Å². The van der Waals surface area contributed by atoms with E-state index in [-0.39, 0.29) is 34.4 Å². The third-order valence-corrected chi connectivity index (χ3v) is 8.79. The molecule has 0 spiro atoms. The zero-order valence-corrected chi connectivity index (χ0v) is 22.1. The average Bonchev–Trinajstić information content (AvgIpc) is 3.48. The van der Waals surface area contributed by atoms with E-state index in [1.165, 1.54) is 23.5 Å². The zero-order valence-electron chi connectivity index (χ0n) is 19.7. The van der Waals surface area contributed by atoms with Crippen LogP contribution in [0.15, 0.2) is 46.4 Å². The van der Waals surface area contributed by atoms with Gasteiger partial charge in [-0.2, -0.15) is 0 Å². The quantitative estimate of drug-likeness (QED) is 0.277. The number of carbonyl (C=O) groups excluding carboxylic acids is 1. The Hall–Kier alpha value is -2.84. The van der Waals surface area contributed by atoms with Gasteiger partial charge in [0.05, 0.1) is 23.4 Å². The summed E-state index contributed by atoms with van der Waals surface area (Å²) in [7, 11) is -3.35. The molecule has 2 aliphatic rings. The second-order valence-electron chi connectivity index (χ2n) is 8.38. The van der Waals surface area contributed by atoms with E-state index in [1.807, 2.05) is 0 Å². The number of nitrogens with zero attached hydrogens (tertiary/aromatic N) is 3. The van der Waals surface area contributed by atoms with Crippen molar-refractivity contribution in [2.75, 3.05) is 31.7 Å². The molecular weight excluding hydrogens is 542 g/mol. The summed E-state index contributed by atoms with van der Waals surface area (Å²) in [6.07, 6.45) is 1.75. The van der Waals surface area contributed by atoms with E-state index in [0.29, 0.717) is 72.5 Å². The van der Waals surface area contributed by atoms with Gasteiger partial charge in [0, 0.05) is 24.6 Å². The molecule has 3 N–H and O–H groups in total. The molecule has 0 radical (unpaired) electrons. The normalized spacial score (nSPS) is 17.9. The van der Waals surface area contributed by atoms with E-state index in [9.17, 15) is 13.2 Å². The minimum absolute atomic E-state index is 0. The standard InChI is InChI=1S/C23H25N5O6S2.ClH/c24-10-12-33-19-8-7-18-22(26-19)35-23(25-18)27-21(29)20(28-34-15-9-11-32-13-15)14-1-3-16(4-2-14)36(30,31)17-5-6-17;/h1-4,7-8,15,17H,5-6,9-13,24H2,(H,25,27,29);1H/b28-20+;/t15-;/m1./s1. The van der Waals surface area contributed by atoms with Crippen LogP contribution in [0.2, 0.25) is 0 Å². The SMILES string of the molecule is Cl.NCCOc1ccc2nc(NC(=O)/C(=N/O[C@@H]3CCOC3)c3ccc(S(=O)(=O)C4CC4)cc3)sc2n1. The summed E-state index contributed by atoms with van der Waals surface area (Å²) in [6.45, 7) is 1.65. The second-order valence-corrected chi connectivity index (χ2v) is 11.6. The van der Waals surface area contributed by atoms with Crippen LogP contribution in [0.5, 0.6) is 5.88 Å². The van der Waals surface area contributed by atoms with E-state index in [4.69, 9.17) is 20.0 Å². The van der Waals surface area contributed by atoms with Crippen LogP contribution in [0, 0.1) is 0 Å². The van der Waals surface area contributed by atoms with Gasteiger partial charge in [0.1, 0.15) is 17.0 Å². The minimum Gasteiger partial charge on any atom is -0.476 e. The van der Waals surface area contributed by atoms with Crippen LogP contribution in [0.1, 0.15) is 24.8 Å². The molecule has 1 atom stereocenters. The van der Waals surface area contributed by atoms with Crippen LogP contribution in [0.4, 0.5) is 5.13 Å². The van der Waals surface area contributed by atoms with Crippen LogP contribution in [-0.4, -0.2) is 67.7 Å². The first kappa shape index (κ1) is 27.2. The molecule has 14 heteroatoms. The van der Waals surface area contributed by atoms with Crippen LogP contribution in [0.25, 0.3) is 10.3 Å². The smallest absolute Gasteiger partial charge is 0.280 e. The van der Waals surface area contributed by atoms with Crippen molar-refractivity contribution < 1.29 is 27.5 Å². The summed E-state index contributed by atoms with van der Waals surface area (Å²) in [4.78, 5) is 28.4. The fourth-order valence-electron chi connectivity index (χ4n) is 3.58. The molecule has 1 amide bonds. The maximum absolute atomic E-state index is 13.2. The first-order valence-electron chi connectivity index (χ1n) is 11.5. The number of rotatable bonds is 10. The summed E-state index contributed by atoms with van der Waals surface area (Å²) in [5.41, 5.74) is 6.48. The number of ether oxygens (including phenoxy) is 2. The molecule has 198 valence electrons. The molecule has 11 nitrogen and oxygen atoms in total. The van der Waals surface area contributed by atoms with Crippen molar-refractivity contribution >= 4 is 60.7 Å². The number of fused-ring (bicyclic) bond motifs is 1. The molecule has 1 aliphatic heterocycles. The van der Waals surface area contributed by atoms with Crippen LogP contribution >= 0.6 is 23.7 Å². The second kappa shape index (κ2) is 11.7. The maximum Gasteiger partial charge on any atom is 0.280 e. The average molecular weight is 568 g/mol. The Kier molecular flexibility index (Phi) is 8.60. The highest BCUT2D eigenvalue weighted by Gasteiger charge is 2.36. The van der Waals surface area contributed by atoms with Crippen molar-refractivity contribution in [3.05, 3.63) is 42.0 Å². The van der Waals surface area contributed by atoms with Gasteiger partial charge in [-0.1, -0.05) is 28.6 Å². The van der Waals surface area contributed by atoms with Gasteiger partial charge in [-0.25, -0.2) is 18.4 Å². The molecule has 37 heavy (non-hydrogen) atoms. The number of benzene rings is 1. The number of halogens is 1. The number of hydrogen-bond acceptors (Lipinski definition) is 11. The Labute approximate surface area is 223 Å². The predicted molar refractivity (Wildman–Crippen MR) is 141 cm³/mol. The zero-order chi connectivity index (χ0) is 25.1. The highest BCUT2D eigenvalue weighted by molar-refractivity contribution is 7.92. The first-order chi connectivity index (χ1) is 17.4. The minimum atomic E-state index is -3.35. The lowest BCUT2D eigenvalue weighted by atomic mass is 10.1. The monoisotopic (exact) mass is 567 g/mol. The van der Waals surface area contributed by atoms with E-state index < -0.39 is 15.7 Å². The number of aromatic nitrogens is 2. The van der Waals surface area contributed by atoms with Gasteiger partial charge in [0.25, 0.3) is 5.91 Å². The van der Waals surface area contributed by atoms with Gasteiger partial charge in [0.2, 0.25) is 5.88 Å². The van der Waals surface area contributed by atoms with Crippen molar-refractivity contribution in [3.63, 3.8) is 0 Å². The first-order valence-corrected chi connectivity index (χ1v) is 13.9. The largest absolute Gasteiger partial charge is 0.476 e. The molecule has 1 aromatic carbocycles.